The lowest BCUT2D eigenvalue weighted by Crippen LogP contribution is -2.01. The number of carbonyl (C=O) groups is 1. The van der Waals surface area contributed by atoms with Gasteiger partial charge >= 0.3 is 5.97 Å². The van der Waals surface area contributed by atoms with Crippen LogP contribution in [0.5, 0.6) is 5.75 Å². The Morgan fingerprint density at radius 2 is 1.68 bits per heavy atom. The van der Waals surface area contributed by atoms with Crippen molar-refractivity contribution in [2.45, 2.75) is 39.2 Å². The van der Waals surface area contributed by atoms with E-state index in [2.05, 4.69) is 41.8 Å². The fourth-order valence-electron chi connectivity index (χ4n) is 4.01. The van der Waals surface area contributed by atoms with Crippen LogP contribution in [-0.2, 0) is 11.3 Å². The van der Waals surface area contributed by atoms with Crippen LogP contribution in [0.4, 0.5) is 0 Å². The van der Waals surface area contributed by atoms with Gasteiger partial charge < -0.3 is 14.4 Å². The molecule has 0 unspecified atom stereocenters. The molecule has 0 aliphatic rings. The van der Waals surface area contributed by atoms with E-state index in [4.69, 9.17) is 38.0 Å². The second-order valence-electron chi connectivity index (χ2n) is 8.98. The molecule has 4 aromatic rings. The minimum atomic E-state index is -0.809. The molecular weight excluding hydrogens is 519 g/mol. The third-order valence-electron chi connectivity index (χ3n) is 6.09. The highest BCUT2D eigenvalue weighted by molar-refractivity contribution is 6.36. The number of rotatable bonds is 12. The van der Waals surface area contributed by atoms with E-state index in [1.165, 1.54) is 0 Å². The Hall–Kier alpha value is -3.54. The summed E-state index contributed by atoms with van der Waals surface area (Å²) in [4.78, 5) is 15.5. The summed E-state index contributed by atoms with van der Waals surface area (Å²) in [7, 11) is 0. The first-order chi connectivity index (χ1) is 18.4. The fraction of sp³-hybridized carbons (Fsp3) is 0.226. The van der Waals surface area contributed by atoms with Crippen LogP contribution in [0, 0.1) is 0 Å². The fourth-order valence-corrected chi connectivity index (χ4v) is 4.52. The van der Waals surface area contributed by atoms with Crippen molar-refractivity contribution in [2.75, 3.05) is 6.61 Å². The van der Waals surface area contributed by atoms with Gasteiger partial charge in [-0.15, -0.1) is 0 Å². The van der Waals surface area contributed by atoms with Crippen LogP contribution in [-0.4, -0.2) is 27.2 Å². The SMILES string of the molecule is CCCCn1cc(-c2ccc(Cl)cc2Cl)nc1C=Cc1ccc(-c2ccc(OCCCC(=O)O)cc2)cc1. The molecule has 0 bridgehead atoms. The third-order valence-corrected chi connectivity index (χ3v) is 6.64. The maximum Gasteiger partial charge on any atom is 0.303 e. The molecule has 0 amide bonds. The number of aryl methyl sites for hydroxylation is 1. The van der Waals surface area contributed by atoms with Gasteiger partial charge in [-0.05, 0) is 65.9 Å². The maximum atomic E-state index is 10.6. The minimum Gasteiger partial charge on any atom is -0.494 e. The minimum absolute atomic E-state index is 0.109. The average molecular weight is 549 g/mol. The predicted molar refractivity (Wildman–Crippen MR) is 156 cm³/mol. The molecule has 196 valence electrons. The van der Waals surface area contributed by atoms with E-state index < -0.39 is 5.97 Å². The summed E-state index contributed by atoms with van der Waals surface area (Å²) in [5, 5.41) is 9.90. The number of hydrogen-bond acceptors (Lipinski definition) is 3. The van der Waals surface area contributed by atoms with Crippen LogP contribution in [0.1, 0.15) is 44.0 Å². The summed E-state index contributed by atoms with van der Waals surface area (Å²) >= 11 is 12.5. The number of unbranched alkanes of at least 4 members (excludes halogenated alkanes) is 1. The van der Waals surface area contributed by atoms with Crippen molar-refractivity contribution in [1.82, 2.24) is 9.55 Å². The van der Waals surface area contributed by atoms with Gasteiger partial charge in [-0.2, -0.15) is 0 Å². The van der Waals surface area contributed by atoms with Gasteiger partial charge in [-0.25, -0.2) is 4.98 Å². The molecule has 0 aliphatic carbocycles. The lowest BCUT2D eigenvalue weighted by molar-refractivity contribution is -0.137. The Morgan fingerprint density at radius 1 is 0.974 bits per heavy atom. The van der Waals surface area contributed by atoms with Crippen molar-refractivity contribution in [3.05, 3.63) is 94.4 Å². The van der Waals surface area contributed by atoms with Crippen molar-refractivity contribution < 1.29 is 14.6 Å². The second-order valence-corrected chi connectivity index (χ2v) is 9.82. The van der Waals surface area contributed by atoms with Gasteiger partial charge in [-0.3, -0.25) is 4.79 Å². The number of imidazole rings is 1. The molecule has 0 saturated carbocycles. The molecule has 4 rings (SSSR count). The van der Waals surface area contributed by atoms with E-state index in [-0.39, 0.29) is 6.42 Å². The lowest BCUT2D eigenvalue weighted by atomic mass is 10.0. The van der Waals surface area contributed by atoms with E-state index in [1.54, 1.807) is 6.07 Å². The number of carboxylic acid groups (broad SMARTS) is 1. The van der Waals surface area contributed by atoms with E-state index >= 15 is 0 Å². The molecule has 0 atom stereocenters. The van der Waals surface area contributed by atoms with Gasteiger partial charge in [0.1, 0.15) is 11.6 Å². The lowest BCUT2D eigenvalue weighted by Gasteiger charge is -2.07. The normalized spacial score (nSPS) is 11.2. The molecule has 0 fully saturated rings. The molecule has 0 aliphatic heterocycles. The quantitative estimate of drug-likeness (QED) is 0.180. The zero-order chi connectivity index (χ0) is 26.9. The van der Waals surface area contributed by atoms with Crippen molar-refractivity contribution in [1.29, 1.82) is 0 Å². The number of hydrogen-bond donors (Lipinski definition) is 1. The summed E-state index contributed by atoms with van der Waals surface area (Å²) < 4.78 is 7.79. The topological polar surface area (TPSA) is 64.4 Å². The zero-order valence-corrected chi connectivity index (χ0v) is 22.8. The molecule has 0 saturated heterocycles. The largest absolute Gasteiger partial charge is 0.494 e. The highest BCUT2D eigenvalue weighted by Crippen LogP contribution is 2.30. The van der Waals surface area contributed by atoms with Gasteiger partial charge in [0.15, 0.2) is 0 Å². The summed E-state index contributed by atoms with van der Waals surface area (Å²) in [6.07, 6.45) is 8.90. The first-order valence-electron chi connectivity index (χ1n) is 12.7. The molecule has 3 aromatic carbocycles. The number of nitrogens with zero attached hydrogens (tertiary/aromatic N) is 2. The smallest absolute Gasteiger partial charge is 0.303 e. The predicted octanol–water partition coefficient (Wildman–Crippen LogP) is 8.74. The van der Waals surface area contributed by atoms with Gasteiger partial charge in [0.2, 0.25) is 0 Å². The molecule has 1 heterocycles. The van der Waals surface area contributed by atoms with E-state index in [1.807, 2.05) is 48.7 Å². The molecule has 38 heavy (non-hydrogen) atoms. The molecule has 0 radical (unpaired) electrons. The Kier molecular flexibility index (Phi) is 9.63. The Bertz CT molecular complexity index is 1390. The van der Waals surface area contributed by atoms with Gasteiger partial charge in [0, 0.05) is 29.7 Å². The number of benzene rings is 3. The molecular formula is C31H30Cl2N2O3. The van der Waals surface area contributed by atoms with Crippen molar-refractivity contribution in [3.63, 3.8) is 0 Å². The Labute approximate surface area is 233 Å². The summed E-state index contributed by atoms with van der Waals surface area (Å²) in [6, 6.07) is 21.6. The average Bonchev–Trinajstić information content (AvgIpc) is 3.32. The standard InChI is InChI=1S/C31H30Cl2N2O3/c1-2-3-18-35-21-29(27-16-13-25(32)20-28(27)33)34-30(35)17-8-22-6-9-23(10-7-22)24-11-14-26(15-12-24)38-19-4-5-31(36)37/h6-17,20-21H,2-5,18-19H2,1H3,(H,36,37). The second kappa shape index (κ2) is 13.3. The first kappa shape index (κ1) is 27.5. The summed E-state index contributed by atoms with van der Waals surface area (Å²) in [5.41, 5.74) is 4.94. The van der Waals surface area contributed by atoms with E-state index in [0.717, 1.165) is 58.9 Å². The van der Waals surface area contributed by atoms with Crippen molar-refractivity contribution in [2.24, 2.45) is 0 Å². The molecule has 7 heteroatoms. The summed E-state index contributed by atoms with van der Waals surface area (Å²) in [6.45, 7) is 3.44. The third kappa shape index (κ3) is 7.50. The van der Waals surface area contributed by atoms with E-state index in [9.17, 15) is 4.79 Å². The van der Waals surface area contributed by atoms with Crippen molar-refractivity contribution >= 4 is 41.3 Å². The monoisotopic (exact) mass is 548 g/mol. The van der Waals surface area contributed by atoms with Crippen LogP contribution in [0.3, 0.4) is 0 Å². The molecule has 5 nitrogen and oxygen atoms in total. The number of ether oxygens (including phenoxy) is 1. The summed E-state index contributed by atoms with van der Waals surface area (Å²) in [5.74, 6) is 0.801. The molecule has 0 spiro atoms. The number of halogens is 2. The van der Waals surface area contributed by atoms with Gasteiger partial charge in [0.05, 0.1) is 17.3 Å². The Morgan fingerprint density at radius 3 is 2.34 bits per heavy atom. The first-order valence-corrected chi connectivity index (χ1v) is 13.4. The zero-order valence-electron chi connectivity index (χ0n) is 21.2. The van der Waals surface area contributed by atoms with Crippen LogP contribution in [0.25, 0.3) is 34.5 Å². The highest BCUT2D eigenvalue weighted by Gasteiger charge is 2.11. The van der Waals surface area contributed by atoms with Gasteiger partial charge in [0.25, 0.3) is 0 Å². The molecule has 1 aromatic heterocycles. The van der Waals surface area contributed by atoms with Crippen LogP contribution >= 0.6 is 23.2 Å². The maximum absolute atomic E-state index is 10.6. The van der Waals surface area contributed by atoms with Crippen LogP contribution < -0.4 is 4.74 Å². The number of carboxylic acids is 1. The van der Waals surface area contributed by atoms with Crippen LogP contribution in [0.15, 0.2) is 72.9 Å². The number of aromatic nitrogens is 2. The van der Waals surface area contributed by atoms with Gasteiger partial charge in [-0.1, -0.05) is 79.0 Å². The van der Waals surface area contributed by atoms with Crippen LogP contribution in [0.2, 0.25) is 10.0 Å². The highest BCUT2D eigenvalue weighted by atomic mass is 35.5. The van der Waals surface area contributed by atoms with E-state index in [0.29, 0.717) is 23.1 Å². The van der Waals surface area contributed by atoms with Crippen molar-refractivity contribution in [3.8, 4) is 28.1 Å². The molecule has 1 N–H and O–H groups in total. The number of aliphatic carboxylic acids is 1. The Balaban J connectivity index is 1.45.